The van der Waals surface area contributed by atoms with E-state index in [-0.39, 0.29) is 12.5 Å². The molecule has 3 amide bonds. The maximum absolute atomic E-state index is 12.2. The molecule has 6 nitrogen and oxygen atoms in total. The number of carbonyl (C=O) groups is 2. The van der Waals surface area contributed by atoms with Crippen molar-refractivity contribution in [3.8, 4) is 0 Å². The highest BCUT2D eigenvalue weighted by atomic mass is 16.7. The molecule has 26 heavy (non-hydrogen) atoms. The molecule has 0 aliphatic carbocycles. The Hall–Kier alpha value is -2.86. The summed E-state index contributed by atoms with van der Waals surface area (Å²) < 4.78 is 0. The van der Waals surface area contributed by atoms with Crippen molar-refractivity contribution in [1.82, 2.24) is 15.7 Å². The van der Waals surface area contributed by atoms with E-state index in [2.05, 4.69) is 10.6 Å². The lowest BCUT2D eigenvalue weighted by atomic mass is 10.1. The van der Waals surface area contributed by atoms with Crippen molar-refractivity contribution in [3.63, 3.8) is 0 Å². The van der Waals surface area contributed by atoms with E-state index in [4.69, 9.17) is 4.84 Å². The highest BCUT2D eigenvalue weighted by molar-refractivity contribution is 5.83. The van der Waals surface area contributed by atoms with Gasteiger partial charge in [0.1, 0.15) is 13.2 Å². The van der Waals surface area contributed by atoms with Gasteiger partial charge in [0.25, 0.3) is 5.91 Å². The minimum Gasteiger partial charge on any atom is -0.334 e. The molecule has 138 valence electrons. The Morgan fingerprint density at radius 2 is 1.65 bits per heavy atom. The van der Waals surface area contributed by atoms with Crippen molar-refractivity contribution in [3.05, 3.63) is 71.3 Å². The van der Waals surface area contributed by atoms with Gasteiger partial charge in [-0.3, -0.25) is 9.63 Å². The number of likely N-dealkylation sites (N-methyl/N-ethyl adjacent to an activating group) is 1. The third kappa shape index (κ3) is 6.57. The summed E-state index contributed by atoms with van der Waals surface area (Å²) in [5.74, 6) is -0.297. The summed E-state index contributed by atoms with van der Waals surface area (Å²) in [6.07, 6.45) is 0. The van der Waals surface area contributed by atoms with Crippen molar-refractivity contribution in [2.45, 2.75) is 27.0 Å². The lowest BCUT2D eigenvalue weighted by Crippen LogP contribution is -2.43. The van der Waals surface area contributed by atoms with E-state index in [9.17, 15) is 9.59 Å². The van der Waals surface area contributed by atoms with Crippen LogP contribution in [0.1, 0.15) is 23.6 Å². The molecule has 0 bridgehead atoms. The predicted octanol–water partition coefficient (Wildman–Crippen LogP) is 2.77. The summed E-state index contributed by atoms with van der Waals surface area (Å²) in [4.78, 5) is 29.5. The van der Waals surface area contributed by atoms with E-state index < -0.39 is 6.03 Å². The molecular weight excluding hydrogens is 330 g/mol. The van der Waals surface area contributed by atoms with Gasteiger partial charge in [-0.15, -0.1) is 0 Å². The first-order chi connectivity index (χ1) is 12.6. The van der Waals surface area contributed by atoms with Crippen LogP contribution in [0.15, 0.2) is 54.6 Å². The second kappa shape index (κ2) is 10.2. The van der Waals surface area contributed by atoms with Crippen molar-refractivity contribution in [1.29, 1.82) is 0 Å². The van der Waals surface area contributed by atoms with Crippen molar-refractivity contribution in [2.75, 3.05) is 13.1 Å². The molecule has 0 aliphatic rings. The van der Waals surface area contributed by atoms with Crippen molar-refractivity contribution in [2.24, 2.45) is 0 Å². The number of urea groups is 1. The molecule has 6 heteroatoms. The van der Waals surface area contributed by atoms with Crippen molar-refractivity contribution >= 4 is 11.9 Å². The van der Waals surface area contributed by atoms with Crippen LogP contribution in [0.5, 0.6) is 0 Å². The van der Waals surface area contributed by atoms with Crippen LogP contribution in [-0.2, 0) is 22.8 Å². The van der Waals surface area contributed by atoms with Gasteiger partial charge < -0.3 is 10.6 Å². The molecule has 2 aromatic rings. The quantitative estimate of drug-likeness (QED) is 0.716. The van der Waals surface area contributed by atoms with Crippen LogP contribution >= 0.6 is 0 Å². The fourth-order valence-corrected chi connectivity index (χ4v) is 2.26. The molecule has 2 rings (SSSR count). The molecule has 0 unspecified atom stereocenters. The summed E-state index contributed by atoms with van der Waals surface area (Å²) in [6, 6.07) is 17.1. The Bertz CT molecular complexity index is 702. The molecule has 2 aromatic carbocycles. The minimum absolute atomic E-state index is 0.123. The molecule has 0 heterocycles. The van der Waals surface area contributed by atoms with Crippen LogP contribution in [0, 0.1) is 6.92 Å². The average molecular weight is 355 g/mol. The molecule has 0 radical (unpaired) electrons. The Morgan fingerprint density at radius 1 is 0.962 bits per heavy atom. The maximum atomic E-state index is 12.2. The minimum atomic E-state index is -0.391. The first-order valence-corrected chi connectivity index (χ1v) is 8.63. The number of hydroxylamine groups is 2. The maximum Gasteiger partial charge on any atom is 0.315 e. The molecule has 0 aliphatic heterocycles. The van der Waals surface area contributed by atoms with Crippen LogP contribution in [-0.4, -0.2) is 30.1 Å². The molecule has 0 saturated heterocycles. The third-order valence-electron chi connectivity index (χ3n) is 3.77. The largest absolute Gasteiger partial charge is 0.334 e. The van der Waals surface area contributed by atoms with Crippen LogP contribution in [0.2, 0.25) is 0 Å². The summed E-state index contributed by atoms with van der Waals surface area (Å²) in [6.45, 7) is 4.82. The van der Waals surface area contributed by atoms with Gasteiger partial charge in [-0.25, -0.2) is 9.86 Å². The van der Waals surface area contributed by atoms with Gasteiger partial charge in [0.2, 0.25) is 0 Å². The lowest BCUT2D eigenvalue weighted by Gasteiger charge is -2.20. The van der Waals surface area contributed by atoms with E-state index in [1.165, 1.54) is 10.6 Å². The summed E-state index contributed by atoms with van der Waals surface area (Å²) in [5, 5.41) is 6.54. The normalized spacial score (nSPS) is 10.2. The highest BCUT2D eigenvalue weighted by Gasteiger charge is 2.13. The molecule has 0 spiro atoms. The molecule has 0 saturated carbocycles. The molecule has 0 fully saturated rings. The van der Waals surface area contributed by atoms with Gasteiger partial charge in [-0.2, -0.15) is 0 Å². The lowest BCUT2D eigenvalue weighted by molar-refractivity contribution is -0.188. The summed E-state index contributed by atoms with van der Waals surface area (Å²) in [7, 11) is 0. The zero-order chi connectivity index (χ0) is 18.8. The number of amides is 3. The van der Waals surface area contributed by atoms with Crippen LogP contribution in [0.25, 0.3) is 0 Å². The summed E-state index contributed by atoms with van der Waals surface area (Å²) >= 11 is 0. The van der Waals surface area contributed by atoms with E-state index in [1.54, 1.807) is 0 Å². The van der Waals surface area contributed by atoms with Crippen LogP contribution < -0.4 is 10.6 Å². The standard InChI is InChI=1S/C20H25N3O3/c1-3-23(26-15-18-7-5-4-6-8-18)19(24)14-22-20(25)21-13-17-11-9-16(2)10-12-17/h4-12H,3,13-15H2,1-2H3,(H2,21,22,25). The Labute approximate surface area is 154 Å². The summed E-state index contributed by atoms with van der Waals surface area (Å²) in [5.41, 5.74) is 3.14. The topological polar surface area (TPSA) is 70.7 Å². The van der Waals surface area contributed by atoms with E-state index in [0.29, 0.717) is 19.7 Å². The predicted molar refractivity (Wildman–Crippen MR) is 100 cm³/mol. The van der Waals surface area contributed by atoms with Crippen molar-refractivity contribution < 1.29 is 14.4 Å². The fourth-order valence-electron chi connectivity index (χ4n) is 2.26. The number of nitrogens with one attached hydrogen (secondary N) is 2. The van der Waals surface area contributed by atoms with Crippen LogP contribution in [0.3, 0.4) is 0 Å². The molecule has 0 aromatic heterocycles. The van der Waals surface area contributed by atoms with E-state index in [1.807, 2.05) is 68.4 Å². The van der Waals surface area contributed by atoms with Gasteiger partial charge in [-0.05, 0) is 25.0 Å². The number of carbonyl (C=O) groups excluding carboxylic acids is 2. The first-order valence-electron chi connectivity index (χ1n) is 8.63. The Balaban J connectivity index is 1.71. The van der Waals surface area contributed by atoms with Gasteiger partial charge in [0, 0.05) is 13.1 Å². The average Bonchev–Trinajstić information content (AvgIpc) is 2.67. The first kappa shape index (κ1) is 19.5. The number of rotatable bonds is 8. The number of hydrogen-bond acceptors (Lipinski definition) is 3. The monoisotopic (exact) mass is 355 g/mol. The fraction of sp³-hybridized carbons (Fsp3) is 0.300. The smallest absolute Gasteiger partial charge is 0.315 e. The van der Waals surface area contributed by atoms with Gasteiger partial charge >= 0.3 is 6.03 Å². The number of aryl methyl sites for hydroxylation is 1. The number of hydrogen-bond donors (Lipinski definition) is 2. The second-order valence-corrected chi connectivity index (χ2v) is 5.87. The zero-order valence-corrected chi connectivity index (χ0v) is 15.2. The Kier molecular flexibility index (Phi) is 7.64. The SMILES string of the molecule is CCN(OCc1ccccc1)C(=O)CNC(=O)NCc1ccc(C)cc1. The van der Waals surface area contributed by atoms with Gasteiger partial charge in [-0.1, -0.05) is 60.2 Å². The molecular formula is C20H25N3O3. The van der Waals surface area contributed by atoms with Gasteiger partial charge in [0.05, 0.1) is 0 Å². The molecule has 0 atom stereocenters. The Morgan fingerprint density at radius 3 is 2.31 bits per heavy atom. The van der Waals surface area contributed by atoms with Gasteiger partial charge in [0.15, 0.2) is 0 Å². The second-order valence-electron chi connectivity index (χ2n) is 5.87. The van der Waals surface area contributed by atoms with Crippen LogP contribution in [0.4, 0.5) is 4.79 Å². The molecule has 2 N–H and O–H groups in total. The number of benzene rings is 2. The van der Waals surface area contributed by atoms with E-state index in [0.717, 1.165) is 11.1 Å². The highest BCUT2D eigenvalue weighted by Crippen LogP contribution is 2.04. The number of nitrogens with zero attached hydrogens (tertiary/aromatic N) is 1. The zero-order valence-electron chi connectivity index (χ0n) is 15.2. The van der Waals surface area contributed by atoms with E-state index >= 15 is 0 Å². The third-order valence-corrected chi connectivity index (χ3v) is 3.77.